The van der Waals surface area contributed by atoms with Crippen molar-refractivity contribution in [2.75, 3.05) is 23.3 Å². The third-order valence-corrected chi connectivity index (χ3v) is 5.05. The fourth-order valence-electron chi connectivity index (χ4n) is 3.64. The van der Waals surface area contributed by atoms with E-state index in [1.165, 1.54) is 12.1 Å². The molecule has 0 saturated carbocycles. The first-order valence-corrected chi connectivity index (χ1v) is 8.79. The number of para-hydroxylation sites is 2. The lowest BCUT2D eigenvalue weighted by Gasteiger charge is -2.37. The predicted molar refractivity (Wildman–Crippen MR) is 91.9 cm³/mol. The standard InChI is InChI=1S/C18H22F3N3O2/c1-12-6-4-5-9-23(12)11-17(26)24-14-8-3-2-7-13(14)22-16(25)10-15(24)18(19,20)21/h2-3,7-8,12,15H,4-6,9-11H2,1H3,(H,22,25)/t12-,15+/m1/s1. The lowest BCUT2D eigenvalue weighted by Crippen LogP contribution is -2.53. The Labute approximate surface area is 150 Å². The Hall–Kier alpha value is -2.09. The largest absolute Gasteiger partial charge is 0.409 e. The van der Waals surface area contributed by atoms with Crippen LogP contribution in [0.25, 0.3) is 0 Å². The van der Waals surface area contributed by atoms with Crippen molar-refractivity contribution in [2.24, 2.45) is 0 Å². The van der Waals surface area contributed by atoms with Crippen molar-refractivity contribution in [3.63, 3.8) is 0 Å². The maximum Gasteiger partial charge on any atom is 0.409 e. The monoisotopic (exact) mass is 369 g/mol. The number of fused-ring (bicyclic) bond motifs is 1. The van der Waals surface area contributed by atoms with E-state index in [1.807, 2.05) is 11.8 Å². The first-order valence-electron chi connectivity index (χ1n) is 8.79. The molecule has 1 aromatic carbocycles. The van der Waals surface area contributed by atoms with Gasteiger partial charge in [0.15, 0.2) is 0 Å². The number of halogens is 3. The number of hydrogen-bond acceptors (Lipinski definition) is 3. The highest BCUT2D eigenvalue weighted by atomic mass is 19.4. The molecule has 2 atom stereocenters. The Kier molecular flexibility index (Phi) is 5.22. The normalized spacial score (nSPS) is 24.6. The maximum absolute atomic E-state index is 13.7. The van der Waals surface area contributed by atoms with Crippen LogP contribution in [0.2, 0.25) is 0 Å². The minimum Gasteiger partial charge on any atom is -0.324 e. The molecular formula is C18H22F3N3O2. The summed E-state index contributed by atoms with van der Waals surface area (Å²) >= 11 is 0. The molecule has 1 saturated heterocycles. The molecular weight excluding hydrogens is 347 g/mol. The molecule has 3 rings (SSSR count). The summed E-state index contributed by atoms with van der Waals surface area (Å²) in [6.07, 6.45) is -2.59. The van der Waals surface area contributed by atoms with Gasteiger partial charge < -0.3 is 5.32 Å². The molecule has 5 nitrogen and oxygen atoms in total. The van der Waals surface area contributed by atoms with Gasteiger partial charge in [-0.2, -0.15) is 13.2 Å². The Morgan fingerprint density at radius 3 is 2.69 bits per heavy atom. The van der Waals surface area contributed by atoms with Crippen molar-refractivity contribution < 1.29 is 22.8 Å². The molecule has 0 radical (unpaired) electrons. The average molecular weight is 369 g/mol. The van der Waals surface area contributed by atoms with Crippen LogP contribution < -0.4 is 10.2 Å². The third-order valence-electron chi connectivity index (χ3n) is 5.05. The van der Waals surface area contributed by atoms with E-state index in [9.17, 15) is 22.8 Å². The molecule has 8 heteroatoms. The summed E-state index contributed by atoms with van der Waals surface area (Å²) in [5.74, 6) is -1.38. The Balaban J connectivity index is 1.96. The number of nitrogens with zero attached hydrogens (tertiary/aromatic N) is 2. The van der Waals surface area contributed by atoms with Crippen molar-refractivity contribution >= 4 is 23.2 Å². The molecule has 0 unspecified atom stereocenters. The van der Waals surface area contributed by atoms with Gasteiger partial charge >= 0.3 is 6.18 Å². The van der Waals surface area contributed by atoms with Gasteiger partial charge in [-0.25, -0.2) is 0 Å². The summed E-state index contributed by atoms with van der Waals surface area (Å²) in [5, 5.41) is 2.48. The lowest BCUT2D eigenvalue weighted by molar-refractivity contribution is -0.158. The van der Waals surface area contributed by atoms with Gasteiger partial charge in [0, 0.05) is 6.04 Å². The van der Waals surface area contributed by atoms with Gasteiger partial charge in [-0.15, -0.1) is 0 Å². The second-order valence-corrected chi connectivity index (χ2v) is 6.91. The zero-order valence-electron chi connectivity index (χ0n) is 14.6. The molecule has 2 amide bonds. The van der Waals surface area contributed by atoms with Gasteiger partial charge in [0.2, 0.25) is 11.8 Å². The first-order chi connectivity index (χ1) is 12.3. The number of likely N-dealkylation sites (tertiary alicyclic amines) is 1. The van der Waals surface area contributed by atoms with E-state index in [0.717, 1.165) is 24.2 Å². The minimum atomic E-state index is -4.70. The summed E-state index contributed by atoms with van der Waals surface area (Å²) in [5.41, 5.74) is 0.319. The highest BCUT2D eigenvalue weighted by molar-refractivity contribution is 6.05. The average Bonchev–Trinajstić information content (AvgIpc) is 2.72. The van der Waals surface area contributed by atoms with Crippen LogP contribution in [0.4, 0.5) is 24.5 Å². The minimum absolute atomic E-state index is 0.0870. The second-order valence-electron chi connectivity index (χ2n) is 6.91. The number of carbonyl (C=O) groups excluding carboxylic acids is 2. The third kappa shape index (κ3) is 3.85. The molecule has 1 fully saturated rings. The van der Waals surface area contributed by atoms with Crippen LogP contribution in [0, 0.1) is 0 Å². The fraction of sp³-hybridized carbons (Fsp3) is 0.556. The van der Waals surface area contributed by atoms with Gasteiger partial charge in [0.05, 0.1) is 24.3 Å². The summed E-state index contributed by atoms with van der Waals surface area (Å²) in [6.45, 7) is 2.58. The van der Waals surface area contributed by atoms with Crippen LogP contribution in [0.5, 0.6) is 0 Å². The number of anilines is 2. The summed E-state index contributed by atoms with van der Waals surface area (Å²) in [6, 6.07) is 4.11. The number of alkyl halides is 3. The summed E-state index contributed by atoms with van der Waals surface area (Å²) in [4.78, 5) is 27.6. The molecule has 0 spiro atoms. The number of amides is 2. The van der Waals surface area contributed by atoms with E-state index in [1.54, 1.807) is 12.1 Å². The molecule has 1 N–H and O–H groups in total. The molecule has 0 bridgehead atoms. The van der Waals surface area contributed by atoms with Crippen molar-refractivity contribution in [2.45, 2.75) is 50.9 Å². The molecule has 26 heavy (non-hydrogen) atoms. The van der Waals surface area contributed by atoms with Crippen LogP contribution in [-0.2, 0) is 9.59 Å². The highest BCUT2D eigenvalue weighted by Gasteiger charge is 2.49. The Morgan fingerprint density at radius 2 is 2.00 bits per heavy atom. The van der Waals surface area contributed by atoms with E-state index in [2.05, 4.69) is 5.32 Å². The highest BCUT2D eigenvalue weighted by Crippen LogP contribution is 2.37. The molecule has 0 aliphatic carbocycles. The first kappa shape index (κ1) is 18.7. The number of nitrogens with one attached hydrogen (secondary N) is 1. The van der Waals surface area contributed by atoms with E-state index >= 15 is 0 Å². The van der Waals surface area contributed by atoms with Crippen molar-refractivity contribution in [3.8, 4) is 0 Å². The van der Waals surface area contributed by atoms with E-state index < -0.39 is 30.5 Å². The molecule has 1 aromatic rings. The number of piperidine rings is 1. The number of rotatable bonds is 2. The van der Waals surface area contributed by atoms with Crippen LogP contribution in [0.3, 0.4) is 0 Å². The van der Waals surface area contributed by atoms with Gasteiger partial charge in [-0.3, -0.25) is 19.4 Å². The molecule has 2 aliphatic heterocycles. The van der Waals surface area contributed by atoms with Crippen molar-refractivity contribution in [3.05, 3.63) is 24.3 Å². The number of hydrogen-bond donors (Lipinski definition) is 1. The lowest BCUT2D eigenvalue weighted by atomic mass is 10.0. The zero-order chi connectivity index (χ0) is 18.9. The number of carbonyl (C=O) groups is 2. The van der Waals surface area contributed by atoms with Crippen LogP contribution in [0.15, 0.2) is 24.3 Å². The van der Waals surface area contributed by atoms with Gasteiger partial charge in [0.25, 0.3) is 0 Å². The summed E-state index contributed by atoms with van der Waals surface area (Å²) in [7, 11) is 0. The SMILES string of the molecule is C[C@@H]1CCCCN1CC(=O)N1c2ccccc2NC(=O)C[C@H]1C(F)(F)F. The second kappa shape index (κ2) is 7.26. The Morgan fingerprint density at radius 1 is 1.27 bits per heavy atom. The van der Waals surface area contributed by atoms with Crippen LogP contribution >= 0.6 is 0 Å². The predicted octanol–water partition coefficient (Wildman–Crippen LogP) is 3.17. The molecule has 2 heterocycles. The summed E-state index contributed by atoms with van der Waals surface area (Å²) < 4.78 is 41.0. The maximum atomic E-state index is 13.7. The Bertz CT molecular complexity index is 693. The van der Waals surface area contributed by atoms with E-state index in [0.29, 0.717) is 6.54 Å². The van der Waals surface area contributed by atoms with Crippen molar-refractivity contribution in [1.29, 1.82) is 0 Å². The fourth-order valence-corrected chi connectivity index (χ4v) is 3.64. The zero-order valence-corrected chi connectivity index (χ0v) is 14.6. The molecule has 0 aromatic heterocycles. The molecule has 142 valence electrons. The van der Waals surface area contributed by atoms with Gasteiger partial charge in [-0.1, -0.05) is 18.6 Å². The van der Waals surface area contributed by atoms with E-state index in [-0.39, 0.29) is 24.0 Å². The topological polar surface area (TPSA) is 52.7 Å². The van der Waals surface area contributed by atoms with E-state index in [4.69, 9.17) is 0 Å². The smallest absolute Gasteiger partial charge is 0.324 e. The van der Waals surface area contributed by atoms with Gasteiger partial charge in [0.1, 0.15) is 6.04 Å². The van der Waals surface area contributed by atoms with Crippen molar-refractivity contribution in [1.82, 2.24) is 4.90 Å². The van der Waals surface area contributed by atoms with Crippen LogP contribution in [-0.4, -0.2) is 48.1 Å². The van der Waals surface area contributed by atoms with Crippen LogP contribution in [0.1, 0.15) is 32.6 Å². The van der Waals surface area contributed by atoms with Gasteiger partial charge in [-0.05, 0) is 38.4 Å². The molecule has 2 aliphatic rings. The quantitative estimate of drug-likeness (QED) is 0.871. The number of benzene rings is 1.